The summed E-state index contributed by atoms with van der Waals surface area (Å²) in [5.41, 5.74) is 3.54. The van der Waals surface area contributed by atoms with Gasteiger partial charge in [0, 0.05) is 17.9 Å². The highest BCUT2D eigenvalue weighted by atomic mass is 35.5. The van der Waals surface area contributed by atoms with Gasteiger partial charge in [0.1, 0.15) is 5.82 Å². The van der Waals surface area contributed by atoms with Gasteiger partial charge in [-0.25, -0.2) is 4.98 Å². The summed E-state index contributed by atoms with van der Waals surface area (Å²) >= 11 is 6.15. The second kappa shape index (κ2) is 6.81. The van der Waals surface area contributed by atoms with Crippen LogP contribution in [0.1, 0.15) is 22.8 Å². The van der Waals surface area contributed by atoms with Gasteiger partial charge in [0.2, 0.25) is 0 Å². The molecule has 0 bridgehead atoms. The number of amides is 1. The highest BCUT2D eigenvalue weighted by Crippen LogP contribution is 2.33. The number of para-hydroxylation sites is 2. The number of nitrogens with one attached hydrogen (secondary N) is 1. The lowest BCUT2D eigenvalue weighted by atomic mass is 10.1. The summed E-state index contributed by atoms with van der Waals surface area (Å²) in [6.07, 6.45) is 2.48. The highest BCUT2D eigenvalue weighted by Gasteiger charge is 2.31. The molecule has 1 aliphatic heterocycles. The number of carbonyl (C=O) groups excluding carboxylic acids is 1. The highest BCUT2D eigenvalue weighted by molar-refractivity contribution is 6.33. The van der Waals surface area contributed by atoms with Gasteiger partial charge in [0.05, 0.1) is 16.3 Å². The summed E-state index contributed by atoms with van der Waals surface area (Å²) in [5, 5.41) is 3.79. The van der Waals surface area contributed by atoms with E-state index in [1.165, 1.54) is 5.56 Å². The van der Waals surface area contributed by atoms with Crippen LogP contribution in [0.25, 0.3) is 0 Å². The first-order valence-corrected chi connectivity index (χ1v) is 8.90. The van der Waals surface area contributed by atoms with Gasteiger partial charge in [0.25, 0.3) is 5.91 Å². The number of halogens is 1. The smallest absolute Gasteiger partial charge is 0.260 e. The predicted octanol–water partition coefficient (Wildman–Crippen LogP) is 5.07. The van der Waals surface area contributed by atoms with Crippen LogP contribution in [0.4, 0.5) is 17.2 Å². The van der Waals surface area contributed by atoms with Crippen LogP contribution >= 0.6 is 11.6 Å². The lowest BCUT2D eigenvalue weighted by Crippen LogP contribution is -2.35. The Balaban J connectivity index is 1.56. The Morgan fingerprint density at radius 1 is 1.12 bits per heavy atom. The molecule has 1 amide bonds. The largest absolute Gasteiger partial charge is 0.339 e. The minimum absolute atomic E-state index is 0.0285. The topological polar surface area (TPSA) is 45.2 Å². The average molecular weight is 364 g/mol. The summed E-state index contributed by atoms with van der Waals surface area (Å²) in [6, 6.07) is 19.2. The van der Waals surface area contributed by atoms with Crippen LogP contribution in [0.2, 0.25) is 5.02 Å². The molecule has 5 heteroatoms. The Hall–Kier alpha value is -2.85. The van der Waals surface area contributed by atoms with Crippen molar-refractivity contribution in [2.75, 3.05) is 10.2 Å². The van der Waals surface area contributed by atoms with Crippen molar-refractivity contribution in [3.63, 3.8) is 0 Å². The number of hydrogen-bond donors (Lipinski definition) is 1. The van der Waals surface area contributed by atoms with Gasteiger partial charge in [-0.3, -0.25) is 4.79 Å². The van der Waals surface area contributed by atoms with Crippen molar-refractivity contribution in [2.45, 2.75) is 19.4 Å². The molecule has 0 radical (unpaired) electrons. The molecule has 0 saturated heterocycles. The van der Waals surface area contributed by atoms with E-state index in [4.69, 9.17) is 11.6 Å². The lowest BCUT2D eigenvalue weighted by molar-refractivity contribution is 0.0981. The van der Waals surface area contributed by atoms with Crippen molar-refractivity contribution < 1.29 is 4.79 Å². The van der Waals surface area contributed by atoms with E-state index < -0.39 is 0 Å². The summed E-state index contributed by atoms with van der Waals surface area (Å²) < 4.78 is 0. The molecule has 130 valence electrons. The monoisotopic (exact) mass is 363 g/mol. The number of benzene rings is 2. The molecule has 3 aromatic rings. The number of rotatable bonds is 3. The van der Waals surface area contributed by atoms with Crippen LogP contribution < -0.4 is 10.2 Å². The molecule has 2 heterocycles. The number of aromatic nitrogens is 1. The summed E-state index contributed by atoms with van der Waals surface area (Å²) in [4.78, 5) is 19.2. The second-order valence-corrected chi connectivity index (χ2v) is 6.80. The maximum atomic E-state index is 13.0. The molecule has 0 spiro atoms. The number of anilines is 3. The van der Waals surface area contributed by atoms with Crippen molar-refractivity contribution >= 4 is 34.7 Å². The Morgan fingerprint density at radius 3 is 2.65 bits per heavy atom. The summed E-state index contributed by atoms with van der Waals surface area (Å²) in [6.45, 7) is 2.07. The van der Waals surface area contributed by atoms with Crippen LogP contribution in [0.5, 0.6) is 0 Å². The van der Waals surface area contributed by atoms with E-state index in [9.17, 15) is 4.79 Å². The van der Waals surface area contributed by atoms with E-state index in [1.807, 2.05) is 47.4 Å². The Morgan fingerprint density at radius 2 is 1.88 bits per heavy atom. The quantitative estimate of drug-likeness (QED) is 0.706. The fourth-order valence-electron chi connectivity index (χ4n) is 3.31. The zero-order valence-electron chi connectivity index (χ0n) is 14.3. The van der Waals surface area contributed by atoms with Crippen LogP contribution in [0.3, 0.4) is 0 Å². The van der Waals surface area contributed by atoms with Gasteiger partial charge in [-0.15, -0.1) is 0 Å². The molecule has 0 saturated carbocycles. The van der Waals surface area contributed by atoms with Crippen LogP contribution in [0.15, 0.2) is 66.9 Å². The van der Waals surface area contributed by atoms with Crippen molar-refractivity contribution in [3.05, 3.63) is 83.0 Å². The van der Waals surface area contributed by atoms with Crippen LogP contribution in [0, 0.1) is 0 Å². The molecule has 1 atom stereocenters. The van der Waals surface area contributed by atoms with Gasteiger partial charge in [0.15, 0.2) is 0 Å². The maximum Gasteiger partial charge on any atom is 0.260 e. The van der Waals surface area contributed by atoms with Crippen LogP contribution in [-0.2, 0) is 6.42 Å². The van der Waals surface area contributed by atoms with E-state index in [0.29, 0.717) is 16.4 Å². The zero-order valence-corrected chi connectivity index (χ0v) is 15.1. The molecular weight excluding hydrogens is 346 g/mol. The number of carbonyl (C=O) groups is 1. The molecule has 0 aliphatic carbocycles. The molecule has 1 aliphatic rings. The SMILES string of the molecule is CC1Cc2ccccc2N1C(=O)c1ccc(Nc2ccccc2Cl)nc1. The van der Waals surface area contributed by atoms with Gasteiger partial charge in [-0.05, 0) is 49.2 Å². The Labute approximate surface area is 157 Å². The molecule has 26 heavy (non-hydrogen) atoms. The minimum Gasteiger partial charge on any atom is -0.339 e. The van der Waals surface area contributed by atoms with Gasteiger partial charge in [-0.2, -0.15) is 0 Å². The molecule has 1 N–H and O–H groups in total. The standard InChI is InChI=1S/C21H18ClN3O/c1-14-12-15-6-2-5-9-19(15)25(14)21(26)16-10-11-20(23-13-16)24-18-8-4-3-7-17(18)22/h2-11,13-14H,12H2,1H3,(H,23,24). The van der Waals surface area contributed by atoms with Crippen molar-refractivity contribution in [3.8, 4) is 0 Å². The Bertz CT molecular complexity index is 955. The van der Waals surface area contributed by atoms with E-state index in [2.05, 4.69) is 23.3 Å². The first kappa shape index (κ1) is 16.6. The molecule has 2 aromatic carbocycles. The zero-order chi connectivity index (χ0) is 18.1. The third-order valence-corrected chi connectivity index (χ3v) is 4.90. The molecule has 4 rings (SSSR count). The van der Waals surface area contributed by atoms with Gasteiger partial charge in [-0.1, -0.05) is 41.9 Å². The van der Waals surface area contributed by atoms with E-state index >= 15 is 0 Å². The van der Waals surface area contributed by atoms with Crippen molar-refractivity contribution in [2.24, 2.45) is 0 Å². The number of hydrogen-bond acceptors (Lipinski definition) is 3. The van der Waals surface area contributed by atoms with Gasteiger partial charge < -0.3 is 10.2 Å². The minimum atomic E-state index is -0.0285. The Kier molecular flexibility index (Phi) is 4.35. The number of fused-ring (bicyclic) bond motifs is 1. The third kappa shape index (κ3) is 3.04. The molecule has 4 nitrogen and oxygen atoms in total. The summed E-state index contributed by atoms with van der Waals surface area (Å²) in [5.74, 6) is 0.615. The fourth-order valence-corrected chi connectivity index (χ4v) is 3.49. The van der Waals surface area contributed by atoms with E-state index in [1.54, 1.807) is 18.3 Å². The van der Waals surface area contributed by atoms with E-state index in [-0.39, 0.29) is 11.9 Å². The van der Waals surface area contributed by atoms with Crippen molar-refractivity contribution in [1.29, 1.82) is 0 Å². The lowest BCUT2D eigenvalue weighted by Gasteiger charge is -2.22. The first-order chi connectivity index (χ1) is 12.6. The first-order valence-electron chi connectivity index (χ1n) is 8.52. The maximum absolute atomic E-state index is 13.0. The predicted molar refractivity (Wildman–Crippen MR) is 105 cm³/mol. The van der Waals surface area contributed by atoms with Crippen LogP contribution in [-0.4, -0.2) is 16.9 Å². The third-order valence-electron chi connectivity index (χ3n) is 4.57. The summed E-state index contributed by atoms with van der Waals surface area (Å²) in [7, 11) is 0. The number of nitrogens with zero attached hydrogens (tertiary/aromatic N) is 2. The average Bonchev–Trinajstić information content (AvgIpc) is 2.99. The fraction of sp³-hybridized carbons (Fsp3) is 0.143. The van der Waals surface area contributed by atoms with Gasteiger partial charge >= 0.3 is 0 Å². The molecule has 0 fully saturated rings. The number of pyridine rings is 1. The normalized spacial score (nSPS) is 15.6. The van der Waals surface area contributed by atoms with E-state index in [0.717, 1.165) is 17.8 Å². The molecule has 1 aromatic heterocycles. The molecule has 1 unspecified atom stereocenters. The second-order valence-electron chi connectivity index (χ2n) is 6.39. The van der Waals surface area contributed by atoms with Crippen molar-refractivity contribution in [1.82, 2.24) is 4.98 Å². The molecular formula is C21H18ClN3O.